The lowest BCUT2D eigenvalue weighted by atomic mass is 10.1. The van der Waals surface area contributed by atoms with E-state index in [-0.39, 0.29) is 12.4 Å². The molecule has 0 N–H and O–H groups in total. The second-order valence-electron chi connectivity index (χ2n) is 6.64. The van der Waals surface area contributed by atoms with E-state index >= 15 is 0 Å². The minimum Gasteiger partial charge on any atom is -0.497 e. The lowest BCUT2D eigenvalue weighted by molar-refractivity contribution is 0.412. The summed E-state index contributed by atoms with van der Waals surface area (Å²) in [4.78, 5) is 9.37. The number of methoxy groups -OCH3 is 1. The summed E-state index contributed by atoms with van der Waals surface area (Å²) in [6, 6.07) is 14.1. The van der Waals surface area contributed by atoms with Gasteiger partial charge in [-0.2, -0.15) is 0 Å². The van der Waals surface area contributed by atoms with Crippen LogP contribution in [0.25, 0.3) is 0 Å². The van der Waals surface area contributed by atoms with Crippen LogP contribution in [0.3, 0.4) is 0 Å². The third kappa shape index (κ3) is 2.92. The fraction of sp³-hybridized carbons (Fsp3) is 0.286. The van der Waals surface area contributed by atoms with E-state index in [1.165, 1.54) is 5.84 Å². The number of hydrogen-bond donors (Lipinski definition) is 0. The van der Waals surface area contributed by atoms with E-state index in [2.05, 4.69) is 21.9 Å². The topological polar surface area (TPSA) is 37.3 Å². The SMILES string of the molecule is COc1ccc2c(c1)N(C1=CCCN1C1=NCCC1)c1ccccc1O2.Cl. The number of nitrogens with zero attached hydrogens (tertiary/aromatic N) is 3. The van der Waals surface area contributed by atoms with Crippen LogP contribution in [0.4, 0.5) is 11.4 Å². The molecule has 140 valence electrons. The predicted octanol–water partition coefficient (Wildman–Crippen LogP) is 5.10. The molecule has 0 amide bonds. The van der Waals surface area contributed by atoms with Crippen molar-refractivity contribution < 1.29 is 9.47 Å². The Labute approximate surface area is 165 Å². The van der Waals surface area contributed by atoms with E-state index in [1.54, 1.807) is 7.11 Å². The van der Waals surface area contributed by atoms with Crippen molar-refractivity contribution >= 4 is 29.6 Å². The molecule has 3 aliphatic rings. The summed E-state index contributed by atoms with van der Waals surface area (Å²) in [6.45, 7) is 1.91. The standard InChI is InChI=1S/C21H21N3O2.ClH/c1-25-15-10-11-19-17(14-15)24(16-6-2-3-7-18(16)26-19)21-9-5-13-23(21)20-8-4-12-22-20;/h2-3,6-7,9-11,14H,4-5,8,12-13H2,1H3;1H. The number of amidine groups is 1. The molecule has 0 unspecified atom stereocenters. The largest absolute Gasteiger partial charge is 0.497 e. The fourth-order valence-electron chi connectivity index (χ4n) is 3.87. The molecule has 0 fully saturated rings. The highest BCUT2D eigenvalue weighted by Crippen LogP contribution is 2.50. The Hall–Kier alpha value is -2.66. The molecular weight excluding hydrogens is 362 g/mol. The number of rotatable bonds is 2. The van der Waals surface area contributed by atoms with Crippen molar-refractivity contribution in [1.82, 2.24) is 4.90 Å². The quantitative estimate of drug-likeness (QED) is 0.723. The smallest absolute Gasteiger partial charge is 0.151 e. The maximum absolute atomic E-state index is 6.15. The molecule has 0 saturated heterocycles. The number of fused-ring (bicyclic) bond motifs is 2. The van der Waals surface area contributed by atoms with Gasteiger partial charge in [-0.3, -0.25) is 9.89 Å². The van der Waals surface area contributed by atoms with Gasteiger partial charge in [0, 0.05) is 25.6 Å². The zero-order valence-electron chi connectivity index (χ0n) is 15.2. The van der Waals surface area contributed by atoms with E-state index in [4.69, 9.17) is 14.5 Å². The zero-order valence-corrected chi connectivity index (χ0v) is 16.0. The van der Waals surface area contributed by atoms with Gasteiger partial charge >= 0.3 is 0 Å². The van der Waals surface area contributed by atoms with Crippen LogP contribution in [0, 0.1) is 0 Å². The maximum atomic E-state index is 6.15. The minimum atomic E-state index is 0. The van der Waals surface area contributed by atoms with E-state index in [1.807, 2.05) is 36.4 Å². The van der Waals surface area contributed by atoms with Crippen molar-refractivity contribution in [1.29, 1.82) is 0 Å². The van der Waals surface area contributed by atoms with Crippen molar-refractivity contribution in [2.75, 3.05) is 25.1 Å². The second kappa shape index (κ2) is 7.16. The van der Waals surface area contributed by atoms with Gasteiger partial charge in [-0.1, -0.05) is 12.1 Å². The number of para-hydroxylation sites is 2. The van der Waals surface area contributed by atoms with E-state index < -0.39 is 0 Å². The summed E-state index contributed by atoms with van der Waals surface area (Å²) in [5, 5.41) is 0. The third-order valence-corrected chi connectivity index (χ3v) is 5.08. The zero-order chi connectivity index (χ0) is 17.5. The molecule has 5 rings (SSSR count). The lowest BCUT2D eigenvalue weighted by Crippen LogP contribution is -2.35. The van der Waals surface area contributed by atoms with Gasteiger partial charge in [-0.05, 0) is 43.2 Å². The van der Waals surface area contributed by atoms with Crippen LogP contribution in [0.1, 0.15) is 19.3 Å². The van der Waals surface area contributed by atoms with Crippen molar-refractivity contribution in [3.63, 3.8) is 0 Å². The Bertz CT molecular complexity index is 925. The molecule has 0 aromatic heterocycles. The lowest BCUT2D eigenvalue weighted by Gasteiger charge is -2.37. The summed E-state index contributed by atoms with van der Waals surface area (Å²) in [6.07, 6.45) is 5.51. The van der Waals surface area contributed by atoms with Crippen LogP contribution < -0.4 is 14.4 Å². The summed E-state index contributed by atoms with van der Waals surface area (Å²) in [5.74, 6) is 4.88. The molecule has 0 spiro atoms. The van der Waals surface area contributed by atoms with E-state index in [0.717, 1.165) is 66.8 Å². The number of halogens is 1. The van der Waals surface area contributed by atoms with Gasteiger partial charge in [0.25, 0.3) is 0 Å². The number of hydrogen-bond acceptors (Lipinski definition) is 5. The molecule has 3 heterocycles. The monoisotopic (exact) mass is 383 g/mol. The van der Waals surface area contributed by atoms with Crippen molar-refractivity contribution in [2.45, 2.75) is 19.3 Å². The minimum absolute atomic E-state index is 0. The first-order valence-corrected chi connectivity index (χ1v) is 9.11. The molecule has 5 nitrogen and oxygen atoms in total. The second-order valence-corrected chi connectivity index (χ2v) is 6.64. The van der Waals surface area contributed by atoms with Gasteiger partial charge in [0.2, 0.25) is 0 Å². The highest BCUT2D eigenvalue weighted by Gasteiger charge is 2.33. The molecule has 0 saturated carbocycles. The van der Waals surface area contributed by atoms with Crippen LogP contribution >= 0.6 is 12.4 Å². The summed E-state index contributed by atoms with van der Waals surface area (Å²) < 4.78 is 11.6. The molecule has 0 atom stereocenters. The molecule has 3 aliphatic heterocycles. The van der Waals surface area contributed by atoms with Gasteiger partial charge in [0.1, 0.15) is 17.4 Å². The van der Waals surface area contributed by atoms with Crippen molar-refractivity contribution in [3.05, 3.63) is 54.4 Å². The Morgan fingerprint density at radius 1 is 1.07 bits per heavy atom. The summed E-state index contributed by atoms with van der Waals surface area (Å²) in [5.41, 5.74) is 2.05. The molecule has 0 bridgehead atoms. The van der Waals surface area contributed by atoms with Crippen LogP contribution in [-0.4, -0.2) is 30.9 Å². The van der Waals surface area contributed by atoms with Gasteiger partial charge in [-0.15, -0.1) is 12.4 Å². The Balaban J connectivity index is 0.00000180. The van der Waals surface area contributed by atoms with Gasteiger partial charge in [0.15, 0.2) is 11.5 Å². The molecule has 2 aromatic carbocycles. The number of anilines is 2. The van der Waals surface area contributed by atoms with Crippen LogP contribution in [-0.2, 0) is 0 Å². The highest BCUT2D eigenvalue weighted by molar-refractivity contribution is 5.89. The highest BCUT2D eigenvalue weighted by atomic mass is 35.5. The maximum Gasteiger partial charge on any atom is 0.151 e. The number of benzene rings is 2. The number of aliphatic imine (C=N–C) groups is 1. The Morgan fingerprint density at radius 3 is 2.74 bits per heavy atom. The number of ether oxygens (including phenoxy) is 2. The summed E-state index contributed by atoms with van der Waals surface area (Å²) in [7, 11) is 1.69. The predicted molar refractivity (Wildman–Crippen MR) is 110 cm³/mol. The van der Waals surface area contributed by atoms with Crippen molar-refractivity contribution in [3.8, 4) is 17.2 Å². The third-order valence-electron chi connectivity index (χ3n) is 5.08. The Kier molecular flexibility index (Phi) is 4.70. The van der Waals surface area contributed by atoms with Gasteiger partial charge in [0.05, 0.1) is 18.5 Å². The van der Waals surface area contributed by atoms with Crippen LogP contribution in [0.15, 0.2) is 59.4 Å². The normalized spacial score (nSPS) is 17.4. The van der Waals surface area contributed by atoms with Crippen LogP contribution in [0.5, 0.6) is 17.2 Å². The molecular formula is C21H22ClN3O2. The molecule has 0 aliphatic carbocycles. The average Bonchev–Trinajstić information content (AvgIpc) is 3.37. The fourth-order valence-corrected chi connectivity index (χ4v) is 3.87. The summed E-state index contributed by atoms with van der Waals surface area (Å²) >= 11 is 0. The van der Waals surface area contributed by atoms with E-state index in [9.17, 15) is 0 Å². The molecule has 2 aromatic rings. The molecule has 27 heavy (non-hydrogen) atoms. The molecule has 6 heteroatoms. The first-order chi connectivity index (χ1) is 12.8. The molecule has 0 radical (unpaired) electrons. The first-order valence-electron chi connectivity index (χ1n) is 9.11. The van der Waals surface area contributed by atoms with Gasteiger partial charge < -0.3 is 14.4 Å². The average molecular weight is 384 g/mol. The van der Waals surface area contributed by atoms with E-state index in [0.29, 0.717) is 0 Å². The van der Waals surface area contributed by atoms with Crippen molar-refractivity contribution in [2.24, 2.45) is 4.99 Å². The Morgan fingerprint density at radius 2 is 1.93 bits per heavy atom. The van der Waals surface area contributed by atoms with Gasteiger partial charge in [-0.25, -0.2) is 0 Å². The first kappa shape index (κ1) is 17.7. The van der Waals surface area contributed by atoms with Crippen LogP contribution in [0.2, 0.25) is 0 Å².